The number of aromatic nitrogens is 1. The van der Waals surface area contributed by atoms with E-state index in [0.29, 0.717) is 0 Å². The third-order valence-corrected chi connectivity index (χ3v) is 5.82. The van der Waals surface area contributed by atoms with Gasteiger partial charge in [-0.3, -0.25) is 0 Å². The van der Waals surface area contributed by atoms with Gasteiger partial charge >= 0.3 is 0 Å². The molecule has 26 heavy (non-hydrogen) atoms. The summed E-state index contributed by atoms with van der Waals surface area (Å²) in [5, 5.41) is 1.32. The first-order valence-electron chi connectivity index (χ1n) is 9.80. The van der Waals surface area contributed by atoms with Gasteiger partial charge in [-0.2, -0.15) is 0 Å². The van der Waals surface area contributed by atoms with Crippen molar-refractivity contribution in [1.29, 1.82) is 0 Å². The molecule has 0 N–H and O–H groups in total. The van der Waals surface area contributed by atoms with Gasteiger partial charge < -0.3 is 9.80 Å². The molecule has 132 valence electrons. The fraction of sp³-hybridized carbons (Fsp3) is 0.348. The fourth-order valence-electron chi connectivity index (χ4n) is 4.62. The van der Waals surface area contributed by atoms with Crippen molar-refractivity contribution in [3.05, 3.63) is 60.2 Å². The van der Waals surface area contributed by atoms with E-state index in [4.69, 9.17) is 4.98 Å². The van der Waals surface area contributed by atoms with Gasteiger partial charge in [-0.25, -0.2) is 4.98 Å². The van der Waals surface area contributed by atoms with E-state index in [1.165, 1.54) is 35.2 Å². The Kier molecular flexibility index (Phi) is 3.81. The molecule has 1 saturated heterocycles. The van der Waals surface area contributed by atoms with Crippen molar-refractivity contribution in [2.75, 3.05) is 29.4 Å². The van der Waals surface area contributed by atoms with Crippen LogP contribution in [0, 0.1) is 5.92 Å². The zero-order valence-corrected chi connectivity index (χ0v) is 15.4. The van der Waals surface area contributed by atoms with Crippen LogP contribution >= 0.6 is 0 Å². The minimum atomic E-state index is 0.762. The maximum Gasteiger partial charge on any atom is 0.139 e. The van der Waals surface area contributed by atoms with Crippen molar-refractivity contribution in [3.8, 4) is 0 Å². The molecule has 0 amide bonds. The van der Waals surface area contributed by atoms with E-state index in [1.54, 1.807) is 0 Å². The molecule has 0 radical (unpaired) electrons. The summed E-state index contributed by atoms with van der Waals surface area (Å²) in [7, 11) is 0. The predicted octanol–water partition coefficient (Wildman–Crippen LogP) is 5.17. The molecule has 5 rings (SSSR count). The summed E-state index contributed by atoms with van der Waals surface area (Å²) in [6.07, 6.45) is 3.70. The highest BCUT2D eigenvalue weighted by Gasteiger charge is 2.30. The van der Waals surface area contributed by atoms with E-state index < -0.39 is 0 Å². The Morgan fingerprint density at radius 1 is 0.962 bits per heavy atom. The number of pyridine rings is 1. The van der Waals surface area contributed by atoms with Crippen LogP contribution < -0.4 is 9.80 Å². The topological polar surface area (TPSA) is 19.4 Å². The lowest BCUT2D eigenvalue weighted by molar-refractivity contribution is 0.447. The van der Waals surface area contributed by atoms with Gasteiger partial charge in [0.05, 0.1) is 11.2 Å². The van der Waals surface area contributed by atoms with E-state index in [9.17, 15) is 0 Å². The number of nitrogens with zero attached hydrogens (tertiary/aromatic N) is 3. The zero-order valence-electron chi connectivity index (χ0n) is 15.4. The summed E-state index contributed by atoms with van der Waals surface area (Å²) < 4.78 is 0. The Hall–Kier alpha value is -2.55. The van der Waals surface area contributed by atoms with Crippen molar-refractivity contribution in [3.63, 3.8) is 0 Å². The molecule has 3 heteroatoms. The van der Waals surface area contributed by atoms with Crippen LogP contribution in [0.4, 0.5) is 17.2 Å². The maximum absolute atomic E-state index is 5.09. The molecule has 3 nitrogen and oxygen atoms in total. The maximum atomic E-state index is 5.09. The molecule has 0 aliphatic carbocycles. The molecule has 1 fully saturated rings. The van der Waals surface area contributed by atoms with Crippen molar-refractivity contribution in [2.45, 2.75) is 26.2 Å². The van der Waals surface area contributed by atoms with Crippen LogP contribution in [0.2, 0.25) is 0 Å². The number of hydrogen-bond donors (Lipinski definition) is 0. The van der Waals surface area contributed by atoms with Gasteiger partial charge in [0, 0.05) is 36.3 Å². The lowest BCUT2D eigenvalue weighted by Gasteiger charge is -2.35. The average Bonchev–Trinajstić information content (AvgIpc) is 3.10. The number of piperidine rings is 1. The molecule has 1 atom stereocenters. The van der Waals surface area contributed by atoms with Gasteiger partial charge in [-0.05, 0) is 43.4 Å². The zero-order chi connectivity index (χ0) is 17.5. The average molecular weight is 343 g/mol. The number of anilines is 3. The minimum absolute atomic E-state index is 0.762. The number of fused-ring (bicyclic) bond motifs is 2. The third kappa shape index (κ3) is 2.54. The van der Waals surface area contributed by atoms with Crippen LogP contribution in [0.25, 0.3) is 10.9 Å². The van der Waals surface area contributed by atoms with E-state index in [2.05, 4.69) is 71.3 Å². The Morgan fingerprint density at radius 2 is 1.77 bits per heavy atom. The second-order valence-electron chi connectivity index (χ2n) is 7.71. The number of hydrogen-bond acceptors (Lipinski definition) is 3. The standard InChI is InChI=1S/C23H25N3/c1-17-8-7-14-25(16-17)22-19-11-5-6-12-21(19)24-23-20(22)13-15-26(23)18-9-3-2-4-10-18/h2-6,9-12,17H,7-8,13-16H2,1H3. The first-order valence-corrected chi connectivity index (χ1v) is 9.80. The van der Waals surface area contributed by atoms with Crippen molar-refractivity contribution >= 4 is 28.1 Å². The van der Waals surface area contributed by atoms with Crippen LogP contribution in [0.15, 0.2) is 54.6 Å². The lowest BCUT2D eigenvalue weighted by Crippen LogP contribution is -2.35. The van der Waals surface area contributed by atoms with Crippen LogP contribution in [0.1, 0.15) is 25.3 Å². The predicted molar refractivity (Wildman–Crippen MR) is 110 cm³/mol. The number of benzene rings is 2. The molecule has 0 bridgehead atoms. The molecule has 2 aliphatic rings. The van der Waals surface area contributed by atoms with Gasteiger partial charge in [0.2, 0.25) is 0 Å². The van der Waals surface area contributed by atoms with Crippen molar-refractivity contribution < 1.29 is 0 Å². The third-order valence-electron chi connectivity index (χ3n) is 5.82. The molecule has 2 aliphatic heterocycles. The first kappa shape index (κ1) is 15.7. The highest BCUT2D eigenvalue weighted by molar-refractivity contribution is 5.97. The van der Waals surface area contributed by atoms with Crippen LogP contribution in [0.5, 0.6) is 0 Å². The van der Waals surface area contributed by atoms with E-state index in [1.807, 2.05) is 0 Å². The Bertz CT molecular complexity index is 935. The Labute approximate surface area is 155 Å². The Morgan fingerprint density at radius 3 is 2.62 bits per heavy atom. The first-order chi connectivity index (χ1) is 12.8. The van der Waals surface area contributed by atoms with Gasteiger partial charge in [0.25, 0.3) is 0 Å². The summed E-state index contributed by atoms with van der Waals surface area (Å²) in [4.78, 5) is 10.1. The van der Waals surface area contributed by atoms with Crippen LogP contribution in [-0.2, 0) is 6.42 Å². The largest absolute Gasteiger partial charge is 0.370 e. The molecular formula is C23H25N3. The fourth-order valence-corrected chi connectivity index (χ4v) is 4.62. The summed E-state index contributed by atoms with van der Waals surface area (Å²) >= 11 is 0. The quantitative estimate of drug-likeness (QED) is 0.640. The van der Waals surface area contributed by atoms with Crippen molar-refractivity contribution in [1.82, 2.24) is 4.98 Å². The molecule has 0 spiro atoms. The minimum Gasteiger partial charge on any atom is -0.370 e. The molecule has 1 unspecified atom stereocenters. The highest BCUT2D eigenvalue weighted by atomic mass is 15.2. The number of rotatable bonds is 2. The van der Waals surface area contributed by atoms with Gasteiger partial charge in [0.1, 0.15) is 5.82 Å². The second-order valence-corrected chi connectivity index (χ2v) is 7.71. The molecule has 1 aromatic heterocycles. The van der Waals surface area contributed by atoms with Gasteiger partial charge in [-0.1, -0.05) is 43.3 Å². The molecule has 3 aromatic rings. The van der Waals surface area contributed by atoms with Crippen molar-refractivity contribution in [2.24, 2.45) is 5.92 Å². The second kappa shape index (κ2) is 6.31. The summed E-state index contributed by atoms with van der Waals surface area (Å²) in [6.45, 7) is 5.72. The lowest BCUT2D eigenvalue weighted by atomic mass is 9.97. The van der Waals surface area contributed by atoms with E-state index >= 15 is 0 Å². The van der Waals surface area contributed by atoms with Gasteiger partial charge in [-0.15, -0.1) is 0 Å². The van der Waals surface area contributed by atoms with Crippen LogP contribution in [-0.4, -0.2) is 24.6 Å². The molecule has 2 aromatic carbocycles. The molecule has 0 saturated carbocycles. The Balaban J connectivity index is 1.69. The molecular weight excluding hydrogens is 318 g/mol. The summed E-state index contributed by atoms with van der Waals surface area (Å²) in [5.41, 5.74) is 5.23. The number of para-hydroxylation sites is 2. The summed E-state index contributed by atoms with van der Waals surface area (Å²) in [5.74, 6) is 1.92. The SMILES string of the molecule is CC1CCCN(c2c3c(nc4ccccc24)N(c2ccccc2)CC3)C1. The smallest absolute Gasteiger partial charge is 0.139 e. The normalized spacial score (nSPS) is 19.8. The monoisotopic (exact) mass is 343 g/mol. The summed E-state index contributed by atoms with van der Waals surface area (Å²) in [6, 6.07) is 19.3. The van der Waals surface area contributed by atoms with E-state index in [0.717, 1.165) is 43.3 Å². The van der Waals surface area contributed by atoms with Gasteiger partial charge in [0.15, 0.2) is 0 Å². The molecule has 3 heterocycles. The highest BCUT2D eigenvalue weighted by Crippen LogP contribution is 2.43. The van der Waals surface area contributed by atoms with Crippen LogP contribution in [0.3, 0.4) is 0 Å². The van der Waals surface area contributed by atoms with E-state index in [-0.39, 0.29) is 0 Å².